The van der Waals surface area contributed by atoms with Crippen LogP contribution in [0.5, 0.6) is 5.75 Å². The van der Waals surface area contributed by atoms with Gasteiger partial charge in [-0.2, -0.15) is 0 Å². The summed E-state index contributed by atoms with van der Waals surface area (Å²) in [4.78, 5) is 0. The molecule has 1 aromatic carbocycles. The molecule has 0 aliphatic rings. The van der Waals surface area contributed by atoms with Crippen molar-refractivity contribution >= 4 is 15.9 Å². The van der Waals surface area contributed by atoms with E-state index in [1.54, 1.807) is 12.1 Å². The first-order valence-electron chi connectivity index (χ1n) is 3.98. The highest BCUT2D eigenvalue weighted by Gasteiger charge is 2.16. The molecule has 2 nitrogen and oxygen atoms in total. The van der Waals surface area contributed by atoms with E-state index >= 15 is 0 Å². The van der Waals surface area contributed by atoms with E-state index in [4.69, 9.17) is 5.73 Å². The molecule has 0 radical (unpaired) electrons. The van der Waals surface area contributed by atoms with Crippen LogP contribution in [0, 0.1) is 0 Å². The first-order chi connectivity index (χ1) is 6.16. The van der Waals surface area contributed by atoms with Crippen LogP contribution in [0.4, 0.5) is 4.39 Å². The average Bonchev–Trinajstić information content (AvgIpc) is 2.04. The summed E-state index contributed by atoms with van der Waals surface area (Å²) in [5, 5.41) is 9.38. The number of nitrogens with two attached hydrogens (primary N) is 1. The van der Waals surface area contributed by atoms with Gasteiger partial charge in [0.1, 0.15) is 11.9 Å². The highest BCUT2D eigenvalue weighted by Crippen LogP contribution is 2.34. The van der Waals surface area contributed by atoms with Gasteiger partial charge in [0.05, 0.1) is 0 Å². The fourth-order valence-corrected chi connectivity index (χ4v) is 1.73. The lowest BCUT2D eigenvalue weighted by Crippen LogP contribution is -2.04. The molecule has 0 saturated carbocycles. The Morgan fingerprint density at radius 3 is 2.77 bits per heavy atom. The summed E-state index contributed by atoms with van der Waals surface area (Å²) in [7, 11) is 0. The summed E-state index contributed by atoms with van der Waals surface area (Å²) in [6, 6.07) is 4.80. The van der Waals surface area contributed by atoms with Gasteiger partial charge in [-0.1, -0.05) is 22.0 Å². The topological polar surface area (TPSA) is 46.2 Å². The zero-order valence-corrected chi connectivity index (χ0v) is 8.59. The summed E-state index contributed by atoms with van der Waals surface area (Å²) in [5.74, 6) is -0.0321. The summed E-state index contributed by atoms with van der Waals surface area (Å²) in [6.07, 6.45) is -0.989. The molecule has 0 saturated heterocycles. The number of hydrogen-bond donors (Lipinski definition) is 2. The van der Waals surface area contributed by atoms with Crippen LogP contribution >= 0.6 is 15.9 Å². The maximum Gasteiger partial charge on any atom is 0.131 e. The quantitative estimate of drug-likeness (QED) is 0.863. The van der Waals surface area contributed by atoms with E-state index in [1.807, 2.05) is 0 Å². The highest BCUT2D eigenvalue weighted by atomic mass is 79.9. The van der Waals surface area contributed by atoms with Crippen LogP contribution in [-0.4, -0.2) is 11.7 Å². The molecular formula is C9H11BrFNO. The normalized spacial score (nSPS) is 12.8. The Bertz CT molecular complexity index is 273. The second kappa shape index (κ2) is 4.58. The molecule has 0 bridgehead atoms. The molecule has 1 aromatic rings. The minimum atomic E-state index is -1.21. The molecule has 0 spiro atoms. The summed E-state index contributed by atoms with van der Waals surface area (Å²) >= 11 is 3.18. The number of aromatic hydroxyl groups is 1. The van der Waals surface area contributed by atoms with Gasteiger partial charge in [0.25, 0.3) is 0 Å². The summed E-state index contributed by atoms with van der Waals surface area (Å²) in [5.41, 5.74) is 5.52. The summed E-state index contributed by atoms with van der Waals surface area (Å²) < 4.78 is 14.0. The molecule has 4 heteroatoms. The molecule has 0 heterocycles. The monoisotopic (exact) mass is 247 g/mol. The average molecular weight is 248 g/mol. The molecule has 3 N–H and O–H groups in total. The van der Waals surface area contributed by atoms with Crippen LogP contribution in [0.2, 0.25) is 0 Å². The number of benzene rings is 1. The number of halogens is 2. The van der Waals surface area contributed by atoms with Crippen molar-refractivity contribution < 1.29 is 9.50 Å². The van der Waals surface area contributed by atoms with Crippen molar-refractivity contribution in [3.05, 3.63) is 28.2 Å². The number of alkyl halides is 1. The maximum atomic E-state index is 13.4. The van der Waals surface area contributed by atoms with Gasteiger partial charge >= 0.3 is 0 Å². The number of phenolic OH excluding ortho intramolecular Hbond substituents is 1. The molecule has 0 amide bonds. The van der Waals surface area contributed by atoms with Gasteiger partial charge in [-0.25, -0.2) is 4.39 Å². The molecule has 1 unspecified atom stereocenters. The Morgan fingerprint density at radius 1 is 1.54 bits per heavy atom. The van der Waals surface area contributed by atoms with Crippen LogP contribution in [0.25, 0.3) is 0 Å². The van der Waals surface area contributed by atoms with Crippen LogP contribution in [0.3, 0.4) is 0 Å². The second-order valence-electron chi connectivity index (χ2n) is 2.72. The van der Waals surface area contributed by atoms with Crippen molar-refractivity contribution in [2.24, 2.45) is 5.73 Å². The van der Waals surface area contributed by atoms with Crippen molar-refractivity contribution in [3.63, 3.8) is 0 Å². The molecule has 1 rings (SSSR count). The molecule has 13 heavy (non-hydrogen) atoms. The molecule has 0 aromatic heterocycles. The molecular weight excluding hydrogens is 237 g/mol. The van der Waals surface area contributed by atoms with Crippen LogP contribution in [0.15, 0.2) is 22.7 Å². The number of rotatable bonds is 3. The zero-order chi connectivity index (χ0) is 9.84. The van der Waals surface area contributed by atoms with Crippen molar-refractivity contribution in [1.29, 1.82) is 0 Å². The smallest absolute Gasteiger partial charge is 0.131 e. The fraction of sp³-hybridized carbons (Fsp3) is 0.333. The van der Waals surface area contributed by atoms with Gasteiger partial charge in [-0.3, -0.25) is 0 Å². The Hall–Kier alpha value is -0.610. The Labute approximate surface area is 84.7 Å². The molecule has 0 fully saturated rings. The minimum Gasteiger partial charge on any atom is -0.508 e. The molecule has 0 aliphatic carbocycles. The lowest BCUT2D eigenvalue weighted by molar-refractivity contribution is 0.314. The highest BCUT2D eigenvalue weighted by molar-refractivity contribution is 9.10. The first-order valence-corrected chi connectivity index (χ1v) is 4.77. The van der Waals surface area contributed by atoms with E-state index in [0.717, 1.165) is 0 Å². The van der Waals surface area contributed by atoms with Gasteiger partial charge in [-0.15, -0.1) is 0 Å². The van der Waals surface area contributed by atoms with Gasteiger partial charge in [-0.05, 0) is 25.1 Å². The van der Waals surface area contributed by atoms with Crippen molar-refractivity contribution in [2.75, 3.05) is 6.54 Å². The van der Waals surface area contributed by atoms with E-state index in [1.165, 1.54) is 6.07 Å². The maximum absolute atomic E-state index is 13.4. The van der Waals surface area contributed by atoms with Crippen molar-refractivity contribution in [3.8, 4) is 5.75 Å². The fourth-order valence-electron chi connectivity index (χ4n) is 1.13. The molecule has 72 valence electrons. The standard InChI is InChI=1S/C9H11BrFNO/c10-6-2-1-3-8(13)9(6)7(11)4-5-12/h1-3,7,13H,4-5,12H2. The predicted molar refractivity (Wildman–Crippen MR) is 53.3 cm³/mol. The lowest BCUT2D eigenvalue weighted by Gasteiger charge is -2.10. The Morgan fingerprint density at radius 2 is 2.23 bits per heavy atom. The third-order valence-corrected chi connectivity index (χ3v) is 2.45. The predicted octanol–water partition coefficient (Wildman–Crippen LogP) is 2.51. The van der Waals surface area contributed by atoms with Crippen LogP contribution < -0.4 is 5.73 Å². The van der Waals surface area contributed by atoms with E-state index in [9.17, 15) is 9.50 Å². The third-order valence-electron chi connectivity index (χ3n) is 1.76. The number of phenols is 1. The van der Waals surface area contributed by atoms with Crippen molar-refractivity contribution in [2.45, 2.75) is 12.6 Å². The van der Waals surface area contributed by atoms with Gasteiger partial charge in [0, 0.05) is 10.0 Å². The zero-order valence-electron chi connectivity index (χ0n) is 7.00. The minimum absolute atomic E-state index is 0.0321. The second-order valence-corrected chi connectivity index (χ2v) is 3.57. The van der Waals surface area contributed by atoms with E-state index < -0.39 is 6.17 Å². The SMILES string of the molecule is NCCC(F)c1c(O)cccc1Br. The first kappa shape index (κ1) is 10.5. The lowest BCUT2D eigenvalue weighted by atomic mass is 10.1. The Kier molecular flexibility index (Phi) is 3.69. The van der Waals surface area contributed by atoms with Crippen LogP contribution in [-0.2, 0) is 0 Å². The molecule has 0 aliphatic heterocycles. The van der Waals surface area contributed by atoms with E-state index in [-0.39, 0.29) is 24.3 Å². The van der Waals surface area contributed by atoms with Gasteiger partial charge in [0.2, 0.25) is 0 Å². The number of hydrogen-bond acceptors (Lipinski definition) is 2. The summed E-state index contributed by atoms with van der Waals surface area (Å²) in [6.45, 7) is 0.266. The van der Waals surface area contributed by atoms with E-state index in [2.05, 4.69) is 15.9 Å². The molecule has 1 atom stereocenters. The van der Waals surface area contributed by atoms with Gasteiger partial charge in [0.15, 0.2) is 0 Å². The van der Waals surface area contributed by atoms with Crippen molar-refractivity contribution in [1.82, 2.24) is 0 Å². The van der Waals surface area contributed by atoms with Crippen LogP contribution in [0.1, 0.15) is 18.2 Å². The Balaban J connectivity index is 2.98. The van der Waals surface area contributed by atoms with E-state index in [0.29, 0.717) is 4.47 Å². The third kappa shape index (κ3) is 2.42. The van der Waals surface area contributed by atoms with Gasteiger partial charge < -0.3 is 10.8 Å². The largest absolute Gasteiger partial charge is 0.508 e.